The minimum atomic E-state index is -0.773. The zero-order valence-electron chi connectivity index (χ0n) is 15.1. The molecule has 1 aromatic carbocycles. The van der Waals surface area contributed by atoms with Crippen LogP contribution in [0.5, 0.6) is 0 Å². The van der Waals surface area contributed by atoms with Crippen LogP contribution in [0.2, 0.25) is 0 Å². The molecule has 1 aliphatic carbocycles. The van der Waals surface area contributed by atoms with Crippen molar-refractivity contribution < 1.29 is 19.1 Å². The summed E-state index contributed by atoms with van der Waals surface area (Å²) < 4.78 is 12.9. The largest absolute Gasteiger partial charge is 0.388 e. The minimum absolute atomic E-state index is 0.191. The van der Waals surface area contributed by atoms with Gasteiger partial charge in [0.15, 0.2) is 0 Å². The summed E-state index contributed by atoms with van der Waals surface area (Å²) >= 11 is 1.56. The van der Waals surface area contributed by atoms with E-state index < -0.39 is 23.7 Å². The molecular formula is C20H23FN2O3S. The third kappa shape index (κ3) is 4.54. The first-order valence-corrected chi connectivity index (χ1v) is 9.84. The summed E-state index contributed by atoms with van der Waals surface area (Å²) in [6.07, 6.45) is 3.50. The third-order valence-corrected chi connectivity index (χ3v) is 6.52. The predicted octanol–water partition coefficient (Wildman–Crippen LogP) is 3.51. The smallest absolute Gasteiger partial charge is 0.313 e. The molecule has 0 spiro atoms. The normalized spacial score (nSPS) is 16.7. The molecule has 144 valence electrons. The van der Waals surface area contributed by atoms with Gasteiger partial charge in [-0.25, -0.2) is 4.39 Å². The molecule has 5 nitrogen and oxygen atoms in total. The Labute approximate surface area is 161 Å². The summed E-state index contributed by atoms with van der Waals surface area (Å²) in [6.45, 7) is 2.11. The average Bonchev–Trinajstić information content (AvgIpc) is 3.31. The molecule has 0 radical (unpaired) electrons. The monoisotopic (exact) mass is 390 g/mol. The van der Waals surface area contributed by atoms with E-state index in [1.54, 1.807) is 18.3 Å². The van der Waals surface area contributed by atoms with Crippen LogP contribution in [0.1, 0.15) is 48.5 Å². The van der Waals surface area contributed by atoms with Gasteiger partial charge in [0.05, 0.1) is 6.10 Å². The number of aliphatic hydroxyl groups excluding tert-OH is 1. The van der Waals surface area contributed by atoms with Crippen LogP contribution in [-0.4, -0.2) is 23.5 Å². The summed E-state index contributed by atoms with van der Waals surface area (Å²) in [7, 11) is 0. The Morgan fingerprint density at radius 1 is 1.15 bits per heavy atom. The molecule has 1 aromatic heterocycles. The predicted molar refractivity (Wildman–Crippen MR) is 103 cm³/mol. The molecule has 0 aliphatic heterocycles. The minimum Gasteiger partial charge on any atom is -0.388 e. The highest BCUT2D eigenvalue weighted by molar-refractivity contribution is 7.12. The highest BCUT2D eigenvalue weighted by Gasteiger charge is 2.37. The van der Waals surface area contributed by atoms with Crippen LogP contribution in [0, 0.1) is 5.82 Å². The van der Waals surface area contributed by atoms with Crippen molar-refractivity contribution in [2.45, 2.75) is 44.1 Å². The van der Waals surface area contributed by atoms with E-state index in [0.717, 1.165) is 35.4 Å². The van der Waals surface area contributed by atoms with Crippen LogP contribution >= 0.6 is 11.3 Å². The van der Waals surface area contributed by atoms with Gasteiger partial charge in [-0.2, -0.15) is 0 Å². The number of thiophene rings is 1. The SMILES string of the molecule is CC(O)c1ccc(C2(CNC(=O)C(=O)Nc3ccc(F)cc3)CCCC2)s1. The standard InChI is InChI=1S/C20H23FN2O3S/c1-13(24)16-8-9-17(27-16)20(10-2-3-11-20)12-22-18(25)19(26)23-15-6-4-14(21)5-7-15/h4-9,13,24H,2-3,10-12H2,1H3,(H,22,25)(H,23,26). The van der Waals surface area contributed by atoms with Crippen LogP contribution in [0.3, 0.4) is 0 Å². The number of carbonyl (C=O) groups is 2. The van der Waals surface area contributed by atoms with Gasteiger partial charge in [0.1, 0.15) is 5.82 Å². The van der Waals surface area contributed by atoms with E-state index in [1.807, 2.05) is 12.1 Å². The van der Waals surface area contributed by atoms with Gasteiger partial charge in [0.2, 0.25) is 0 Å². The molecule has 1 unspecified atom stereocenters. The van der Waals surface area contributed by atoms with Crippen LogP contribution in [0.25, 0.3) is 0 Å². The number of rotatable bonds is 5. The molecule has 2 aromatic rings. The molecule has 1 atom stereocenters. The highest BCUT2D eigenvalue weighted by atomic mass is 32.1. The number of hydrogen-bond donors (Lipinski definition) is 3. The molecule has 1 fully saturated rings. The summed E-state index contributed by atoms with van der Waals surface area (Å²) in [5.74, 6) is -1.89. The second-order valence-corrected chi connectivity index (χ2v) is 8.12. The van der Waals surface area contributed by atoms with Gasteiger partial charge < -0.3 is 15.7 Å². The van der Waals surface area contributed by atoms with Gasteiger partial charge in [-0.05, 0) is 56.2 Å². The maximum absolute atomic E-state index is 12.9. The van der Waals surface area contributed by atoms with Gasteiger partial charge in [0, 0.05) is 27.4 Å². The number of carbonyl (C=O) groups excluding carboxylic acids is 2. The van der Waals surface area contributed by atoms with Crippen molar-refractivity contribution in [3.8, 4) is 0 Å². The fraction of sp³-hybridized carbons (Fsp3) is 0.400. The molecule has 1 heterocycles. The maximum Gasteiger partial charge on any atom is 0.313 e. The molecule has 7 heteroatoms. The van der Waals surface area contributed by atoms with Crippen LogP contribution in [-0.2, 0) is 15.0 Å². The second-order valence-electron chi connectivity index (χ2n) is 7.01. The highest BCUT2D eigenvalue weighted by Crippen LogP contribution is 2.44. The summed E-state index contributed by atoms with van der Waals surface area (Å²) in [6, 6.07) is 9.19. The Balaban J connectivity index is 1.64. The van der Waals surface area contributed by atoms with Crippen molar-refractivity contribution in [2.75, 3.05) is 11.9 Å². The lowest BCUT2D eigenvalue weighted by Gasteiger charge is -2.28. The van der Waals surface area contributed by atoms with E-state index in [2.05, 4.69) is 10.6 Å². The number of aliphatic hydroxyl groups is 1. The van der Waals surface area contributed by atoms with E-state index >= 15 is 0 Å². The van der Waals surface area contributed by atoms with Crippen molar-refractivity contribution >= 4 is 28.8 Å². The molecular weight excluding hydrogens is 367 g/mol. The number of benzene rings is 1. The van der Waals surface area contributed by atoms with Crippen molar-refractivity contribution in [2.24, 2.45) is 0 Å². The van der Waals surface area contributed by atoms with Crippen LogP contribution in [0.4, 0.5) is 10.1 Å². The van der Waals surface area contributed by atoms with Crippen molar-refractivity contribution in [3.63, 3.8) is 0 Å². The lowest BCUT2D eigenvalue weighted by atomic mass is 9.84. The Hall–Kier alpha value is -2.25. The van der Waals surface area contributed by atoms with Gasteiger partial charge in [-0.3, -0.25) is 9.59 Å². The number of anilines is 1. The zero-order chi connectivity index (χ0) is 19.4. The number of hydrogen-bond acceptors (Lipinski definition) is 4. The maximum atomic E-state index is 12.9. The molecule has 3 rings (SSSR count). The third-order valence-electron chi connectivity index (χ3n) is 5.02. The van der Waals surface area contributed by atoms with E-state index in [0.29, 0.717) is 12.2 Å². The van der Waals surface area contributed by atoms with Gasteiger partial charge >= 0.3 is 11.8 Å². The lowest BCUT2D eigenvalue weighted by Crippen LogP contribution is -2.43. The Morgan fingerprint density at radius 2 is 1.81 bits per heavy atom. The van der Waals surface area contributed by atoms with Crippen molar-refractivity contribution in [1.29, 1.82) is 0 Å². The summed E-state index contributed by atoms with van der Waals surface area (Å²) in [5.41, 5.74) is 0.177. The Kier molecular flexibility index (Phi) is 5.92. The summed E-state index contributed by atoms with van der Waals surface area (Å²) in [4.78, 5) is 26.3. The van der Waals surface area contributed by atoms with Gasteiger partial charge in [-0.15, -0.1) is 11.3 Å². The van der Waals surface area contributed by atoms with Crippen molar-refractivity contribution in [1.82, 2.24) is 5.32 Å². The number of halogens is 1. The van der Waals surface area contributed by atoms with Gasteiger partial charge in [0.25, 0.3) is 0 Å². The Morgan fingerprint density at radius 3 is 2.41 bits per heavy atom. The molecule has 3 N–H and O–H groups in total. The fourth-order valence-electron chi connectivity index (χ4n) is 3.48. The molecule has 1 saturated carbocycles. The van der Waals surface area contributed by atoms with E-state index in [9.17, 15) is 19.1 Å². The molecule has 0 bridgehead atoms. The first-order valence-electron chi connectivity index (χ1n) is 9.03. The average molecular weight is 390 g/mol. The van der Waals surface area contributed by atoms with E-state index in [-0.39, 0.29) is 5.41 Å². The number of amides is 2. The van der Waals surface area contributed by atoms with E-state index in [4.69, 9.17) is 0 Å². The molecule has 0 saturated heterocycles. The fourth-order valence-corrected chi connectivity index (χ4v) is 4.66. The van der Waals surface area contributed by atoms with E-state index in [1.165, 1.54) is 24.3 Å². The van der Waals surface area contributed by atoms with Crippen LogP contribution in [0.15, 0.2) is 36.4 Å². The molecule has 1 aliphatic rings. The zero-order valence-corrected chi connectivity index (χ0v) is 15.9. The molecule has 2 amide bonds. The second kappa shape index (κ2) is 8.19. The van der Waals surface area contributed by atoms with Gasteiger partial charge in [-0.1, -0.05) is 12.8 Å². The first-order chi connectivity index (χ1) is 12.9. The number of nitrogens with one attached hydrogen (secondary N) is 2. The quantitative estimate of drug-likeness (QED) is 0.684. The molecule has 27 heavy (non-hydrogen) atoms. The summed E-state index contributed by atoms with van der Waals surface area (Å²) in [5, 5.41) is 15.0. The lowest BCUT2D eigenvalue weighted by molar-refractivity contribution is -0.136. The van der Waals surface area contributed by atoms with Crippen LogP contribution < -0.4 is 10.6 Å². The Bertz CT molecular complexity index is 811. The van der Waals surface area contributed by atoms with Crippen molar-refractivity contribution in [3.05, 3.63) is 52.0 Å². The topological polar surface area (TPSA) is 78.4 Å². The first kappa shape index (κ1) is 19.5.